The van der Waals surface area contributed by atoms with E-state index in [0.29, 0.717) is 18.1 Å². The van der Waals surface area contributed by atoms with Gasteiger partial charge in [0.25, 0.3) is 0 Å². The summed E-state index contributed by atoms with van der Waals surface area (Å²) in [5, 5.41) is 18.4. The number of aromatic nitrogens is 5. The zero-order valence-corrected chi connectivity index (χ0v) is 17.0. The summed E-state index contributed by atoms with van der Waals surface area (Å²) < 4.78 is 1.88. The summed E-state index contributed by atoms with van der Waals surface area (Å²) in [6.07, 6.45) is 10.7. The third-order valence-corrected chi connectivity index (χ3v) is 6.74. The molecule has 2 N–H and O–H groups in total. The molecule has 0 aliphatic carbocycles. The molecule has 7 heteroatoms. The lowest BCUT2D eigenvalue weighted by Gasteiger charge is -2.36. The van der Waals surface area contributed by atoms with Crippen molar-refractivity contribution in [2.24, 2.45) is 0 Å². The van der Waals surface area contributed by atoms with E-state index in [9.17, 15) is 0 Å². The number of nitrogens with one attached hydrogen (secondary N) is 2. The smallest absolute Gasteiger partial charge is 0.151 e. The van der Waals surface area contributed by atoms with E-state index in [1.165, 1.54) is 25.7 Å². The molecule has 4 aromatic rings. The molecule has 30 heavy (non-hydrogen) atoms. The summed E-state index contributed by atoms with van der Waals surface area (Å²) in [5.41, 5.74) is 4.02. The standard InChI is InChI=1S/C23H25N7/c1-29(17-13-15-3-4-16(14-17)26-15)22-8-6-20(27-28-22)18-5-7-21(30-12-2-10-25-30)19-9-11-24-23(18)19/h2,5-12,15-17,24,26H,3-4,13-14H2,1H3/t15-,16+,17?. The number of anilines is 1. The molecule has 0 spiro atoms. The molecule has 0 amide bonds. The first-order valence-corrected chi connectivity index (χ1v) is 10.7. The van der Waals surface area contributed by atoms with Crippen LogP contribution in [-0.2, 0) is 0 Å². The van der Waals surface area contributed by atoms with Gasteiger partial charge < -0.3 is 15.2 Å². The molecule has 0 saturated carbocycles. The van der Waals surface area contributed by atoms with Gasteiger partial charge in [-0.05, 0) is 62.1 Å². The van der Waals surface area contributed by atoms with Crippen molar-refractivity contribution in [3.8, 4) is 16.9 Å². The van der Waals surface area contributed by atoms with Gasteiger partial charge in [-0.25, -0.2) is 4.68 Å². The Kier molecular flexibility index (Phi) is 4.09. The molecule has 2 fully saturated rings. The minimum Gasteiger partial charge on any atom is -0.361 e. The number of fused-ring (bicyclic) bond motifs is 3. The first-order valence-electron chi connectivity index (χ1n) is 10.7. The lowest BCUT2D eigenvalue weighted by Crippen LogP contribution is -2.47. The van der Waals surface area contributed by atoms with Gasteiger partial charge in [0.1, 0.15) is 0 Å². The Morgan fingerprint density at radius 3 is 2.63 bits per heavy atom. The van der Waals surface area contributed by atoms with E-state index in [0.717, 1.165) is 33.7 Å². The van der Waals surface area contributed by atoms with Crippen LogP contribution in [0.5, 0.6) is 0 Å². The quantitative estimate of drug-likeness (QED) is 0.549. The SMILES string of the molecule is CN(c1ccc(-c2ccc(-n3cccn3)c3cc[nH]c23)nn1)C1C[C@H]2CC[C@@H](C1)N2. The maximum absolute atomic E-state index is 4.59. The molecule has 3 aromatic heterocycles. The van der Waals surface area contributed by atoms with Crippen molar-refractivity contribution in [3.05, 3.63) is 55.0 Å². The highest BCUT2D eigenvalue weighted by molar-refractivity contribution is 5.98. The Balaban J connectivity index is 1.30. The fourth-order valence-electron chi connectivity index (χ4n) is 5.15. The molecule has 2 aliphatic rings. The first kappa shape index (κ1) is 17.7. The molecule has 3 atom stereocenters. The van der Waals surface area contributed by atoms with Crippen molar-refractivity contribution in [2.75, 3.05) is 11.9 Å². The van der Waals surface area contributed by atoms with Crippen LogP contribution in [0.1, 0.15) is 25.7 Å². The van der Waals surface area contributed by atoms with Crippen molar-refractivity contribution >= 4 is 16.7 Å². The second-order valence-corrected chi connectivity index (χ2v) is 8.50. The second kappa shape index (κ2) is 6.95. The average molecular weight is 400 g/mol. The molecule has 152 valence electrons. The number of nitrogens with zero attached hydrogens (tertiary/aromatic N) is 5. The van der Waals surface area contributed by atoms with E-state index in [1.54, 1.807) is 6.20 Å². The summed E-state index contributed by atoms with van der Waals surface area (Å²) in [6.45, 7) is 0. The molecule has 7 nitrogen and oxygen atoms in total. The average Bonchev–Trinajstić information content (AvgIpc) is 3.54. The van der Waals surface area contributed by atoms with Crippen molar-refractivity contribution in [2.45, 2.75) is 43.8 Å². The summed E-state index contributed by atoms with van der Waals surface area (Å²) in [4.78, 5) is 5.68. The highest BCUT2D eigenvalue weighted by Gasteiger charge is 2.35. The lowest BCUT2D eigenvalue weighted by atomic mass is 9.98. The molecular weight excluding hydrogens is 374 g/mol. The van der Waals surface area contributed by atoms with Crippen LogP contribution in [0.3, 0.4) is 0 Å². The van der Waals surface area contributed by atoms with Crippen molar-refractivity contribution in [1.82, 2.24) is 30.3 Å². The topological polar surface area (TPSA) is 74.7 Å². The van der Waals surface area contributed by atoms with Crippen molar-refractivity contribution in [1.29, 1.82) is 0 Å². The summed E-state index contributed by atoms with van der Waals surface area (Å²) in [5.74, 6) is 0.945. The Hall–Kier alpha value is -3.19. The predicted octanol–water partition coefficient (Wildman–Crippen LogP) is 3.53. The summed E-state index contributed by atoms with van der Waals surface area (Å²) in [6, 6.07) is 14.2. The van der Waals surface area contributed by atoms with Gasteiger partial charge in [-0.15, -0.1) is 10.2 Å². The number of aromatic amines is 1. The number of rotatable bonds is 4. The predicted molar refractivity (Wildman–Crippen MR) is 118 cm³/mol. The molecule has 2 aliphatic heterocycles. The Morgan fingerprint density at radius 2 is 1.90 bits per heavy atom. The van der Waals surface area contributed by atoms with Gasteiger partial charge in [0.15, 0.2) is 5.82 Å². The molecule has 1 unspecified atom stereocenters. The van der Waals surface area contributed by atoms with E-state index in [4.69, 9.17) is 0 Å². The van der Waals surface area contributed by atoms with E-state index >= 15 is 0 Å². The summed E-state index contributed by atoms with van der Waals surface area (Å²) in [7, 11) is 2.15. The maximum Gasteiger partial charge on any atom is 0.151 e. The van der Waals surface area contributed by atoms with E-state index < -0.39 is 0 Å². The van der Waals surface area contributed by atoms with Gasteiger partial charge in [-0.1, -0.05) is 0 Å². The number of H-pyrrole nitrogens is 1. The van der Waals surface area contributed by atoms with Crippen LogP contribution in [0.25, 0.3) is 27.8 Å². The Bertz CT molecular complexity index is 1150. The number of hydrogen-bond acceptors (Lipinski definition) is 5. The van der Waals surface area contributed by atoms with Crippen LogP contribution >= 0.6 is 0 Å². The number of benzene rings is 1. The number of hydrogen-bond donors (Lipinski definition) is 2. The summed E-state index contributed by atoms with van der Waals surface area (Å²) >= 11 is 0. The van der Waals surface area contributed by atoms with Crippen molar-refractivity contribution in [3.63, 3.8) is 0 Å². The monoisotopic (exact) mass is 399 g/mol. The molecule has 2 bridgehead atoms. The van der Waals surface area contributed by atoms with Crippen LogP contribution in [-0.4, -0.2) is 50.1 Å². The zero-order chi connectivity index (χ0) is 20.1. The van der Waals surface area contributed by atoms with E-state index in [1.807, 2.05) is 23.1 Å². The lowest BCUT2D eigenvalue weighted by molar-refractivity contribution is 0.353. The van der Waals surface area contributed by atoms with Crippen LogP contribution in [0, 0.1) is 0 Å². The minimum atomic E-state index is 0.535. The number of piperidine rings is 1. The van der Waals surface area contributed by atoms with E-state index in [-0.39, 0.29) is 0 Å². The largest absolute Gasteiger partial charge is 0.361 e. The van der Waals surface area contributed by atoms with Gasteiger partial charge >= 0.3 is 0 Å². The van der Waals surface area contributed by atoms with Crippen molar-refractivity contribution < 1.29 is 0 Å². The fourth-order valence-corrected chi connectivity index (χ4v) is 5.15. The molecule has 6 rings (SSSR count). The van der Waals surface area contributed by atoms with Crippen LogP contribution in [0.2, 0.25) is 0 Å². The molecule has 2 saturated heterocycles. The minimum absolute atomic E-state index is 0.535. The molecule has 0 radical (unpaired) electrons. The Labute approximate surface area is 175 Å². The third-order valence-electron chi connectivity index (χ3n) is 6.74. The van der Waals surface area contributed by atoms with Crippen LogP contribution in [0.4, 0.5) is 5.82 Å². The van der Waals surface area contributed by atoms with E-state index in [2.05, 4.69) is 67.9 Å². The second-order valence-electron chi connectivity index (χ2n) is 8.50. The van der Waals surface area contributed by atoms with Crippen LogP contribution < -0.4 is 10.2 Å². The van der Waals surface area contributed by atoms with Gasteiger partial charge in [0.05, 0.1) is 16.9 Å². The third kappa shape index (κ3) is 2.89. The molecule has 5 heterocycles. The molecular formula is C23H25N7. The normalized spacial score (nSPS) is 23.2. The maximum atomic E-state index is 4.59. The van der Waals surface area contributed by atoms with Gasteiger partial charge in [-0.3, -0.25) is 0 Å². The fraction of sp³-hybridized carbons (Fsp3) is 0.348. The highest BCUT2D eigenvalue weighted by atomic mass is 15.3. The zero-order valence-electron chi connectivity index (χ0n) is 17.0. The Morgan fingerprint density at radius 1 is 1.03 bits per heavy atom. The van der Waals surface area contributed by atoms with Gasteiger partial charge in [0, 0.05) is 54.7 Å². The van der Waals surface area contributed by atoms with Gasteiger partial charge in [-0.2, -0.15) is 5.10 Å². The first-order chi connectivity index (χ1) is 14.8. The van der Waals surface area contributed by atoms with Crippen LogP contribution in [0.15, 0.2) is 55.0 Å². The highest BCUT2D eigenvalue weighted by Crippen LogP contribution is 2.33. The molecule has 1 aromatic carbocycles. The van der Waals surface area contributed by atoms with Gasteiger partial charge in [0.2, 0.25) is 0 Å².